The zero-order valence-corrected chi connectivity index (χ0v) is 14.8. The first-order chi connectivity index (χ1) is 9.36. The molecule has 0 heterocycles. The van der Waals surface area contributed by atoms with Gasteiger partial charge < -0.3 is 9.47 Å². The molecule has 0 aliphatic heterocycles. The Kier molecular flexibility index (Phi) is 7.53. The number of hydrogen-bond acceptors (Lipinski definition) is 5. The lowest BCUT2D eigenvalue weighted by Gasteiger charge is -2.24. The Morgan fingerprint density at radius 3 is 2.05 bits per heavy atom. The Hall–Kier alpha value is -0.950. The minimum absolute atomic E-state index is 0.188. The highest BCUT2D eigenvalue weighted by Gasteiger charge is 2.31. The quantitative estimate of drug-likeness (QED) is 0.753. The summed E-state index contributed by atoms with van der Waals surface area (Å²) in [4.78, 5) is 23.7. The Bertz CT molecular complexity index is 395. The lowest BCUT2D eigenvalue weighted by Crippen LogP contribution is -2.46. The van der Waals surface area contributed by atoms with Gasteiger partial charge >= 0.3 is 11.9 Å². The van der Waals surface area contributed by atoms with Crippen LogP contribution in [0.1, 0.15) is 54.9 Å². The molecule has 1 unspecified atom stereocenters. The van der Waals surface area contributed by atoms with Crippen LogP contribution in [0.25, 0.3) is 0 Å². The monoisotopic (exact) mass is 321 g/mol. The predicted octanol–water partition coefficient (Wildman–Crippen LogP) is 1.70. The highest BCUT2D eigenvalue weighted by Crippen LogP contribution is 2.13. The van der Waals surface area contributed by atoms with Crippen molar-refractivity contribution in [1.29, 1.82) is 0 Å². The first-order valence-corrected chi connectivity index (χ1v) is 8.08. The van der Waals surface area contributed by atoms with Crippen LogP contribution in [0, 0.1) is 0 Å². The van der Waals surface area contributed by atoms with E-state index in [1.165, 1.54) is 0 Å². The van der Waals surface area contributed by atoms with E-state index < -0.39 is 39.3 Å². The number of carbonyl (C=O) groups excluding carboxylic acids is 2. The molecule has 7 heteroatoms. The molecule has 2 atom stereocenters. The molecule has 6 nitrogen and oxygen atoms in total. The molecular formula is C14H27NO5S. The van der Waals surface area contributed by atoms with Crippen molar-refractivity contribution in [3.8, 4) is 0 Å². The lowest BCUT2D eigenvalue weighted by atomic mass is 10.2. The van der Waals surface area contributed by atoms with Crippen molar-refractivity contribution in [1.82, 2.24) is 4.72 Å². The minimum Gasteiger partial charge on any atom is -0.465 e. The molecule has 124 valence electrons. The van der Waals surface area contributed by atoms with Gasteiger partial charge in [-0.25, -0.2) is 8.93 Å². The van der Waals surface area contributed by atoms with Crippen molar-refractivity contribution >= 4 is 22.9 Å². The summed E-state index contributed by atoms with van der Waals surface area (Å²) in [5.41, 5.74) is -0.639. The Labute approximate surface area is 129 Å². The van der Waals surface area contributed by atoms with E-state index in [0.717, 1.165) is 0 Å². The molecule has 0 aromatic rings. The van der Waals surface area contributed by atoms with E-state index in [2.05, 4.69) is 4.72 Å². The number of hydrogen-bond donors (Lipinski definition) is 1. The van der Waals surface area contributed by atoms with Crippen LogP contribution in [0.3, 0.4) is 0 Å². The third-order valence-electron chi connectivity index (χ3n) is 2.17. The van der Waals surface area contributed by atoms with Crippen LogP contribution < -0.4 is 4.72 Å². The molecule has 0 aliphatic carbocycles. The third kappa shape index (κ3) is 8.83. The average molecular weight is 321 g/mol. The van der Waals surface area contributed by atoms with Gasteiger partial charge in [0.25, 0.3) is 0 Å². The second-order valence-electron chi connectivity index (χ2n) is 6.59. The van der Waals surface area contributed by atoms with Gasteiger partial charge in [-0.2, -0.15) is 0 Å². The number of rotatable bonds is 6. The molecule has 0 saturated heterocycles. The Morgan fingerprint density at radius 2 is 1.67 bits per heavy atom. The zero-order valence-electron chi connectivity index (χ0n) is 13.9. The van der Waals surface area contributed by atoms with E-state index >= 15 is 0 Å². The maximum Gasteiger partial charge on any atom is 0.324 e. The third-order valence-corrected chi connectivity index (χ3v) is 3.78. The first-order valence-electron chi connectivity index (χ1n) is 6.93. The number of esters is 2. The average Bonchev–Trinajstić information content (AvgIpc) is 2.24. The molecule has 0 aromatic heterocycles. The van der Waals surface area contributed by atoms with E-state index in [9.17, 15) is 13.8 Å². The number of carbonyl (C=O) groups is 2. The summed E-state index contributed by atoms with van der Waals surface area (Å²) in [6.07, 6.45) is -0.224. The van der Waals surface area contributed by atoms with Gasteiger partial charge in [-0.05, 0) is 48.5 Å². The van der Waals surface area contributed by atoms with Crippen LogP contribution in [0.5, 0.6) is 0 Å². The van der Waals surface area contributed by atoms with E-state index in [4.69, 9.17) is 9.47 Å². The van der Waals surface area contributed by atoms with E-state index in [-0.39, 0.29) is 13.0 Å². The van der Waals surface area contributed by atoms with Crippen molar-refractivity contribution in [2.75, 3.05) is 6.61 Å². The maximum absolute atomic E-state index is 12.1. The van der Waals surface area contributed by atoms with Gasteiger partial charge in [-0.3, -0.25) is 9.59 Å². The molecule has 0 fully saturated rings. The summed E-state index contributed by atoms with van der Waals surface area (Å²) in [6.45, 7) is 12.4. The normalized spacial score (nSPS) is 15.2. The Balaban J connectivity index is 4.87. The number of ether oxygens (including phenoxy) is 2. The van der Waals surface area contributed by atoms with Gasteiger partial charge in [0.2, 0.25) is 0 Å². The molecular weight excluding hydrogens is 294 g/mol. The summed E-state index contributed by atoms with van der Waals surface area (Å²) in [5, 5.41) is 0. The molecule has 0 aliphatic rings. The fourth-order valence-corrected chi connectivity index (χ4v) is 2.06. The fraction of sp³-hybridized carbons (Fsp3) is 0.857. The summed E-state index contributed by atoms with van der Waals surface area (Å²) < 4.78 is 24.3. The standard InChI is InChI=1S/C14H27NO5S/c1-8-19-12(17)10(15-21(18)14(5,6)7)9-11(16)20-13(2,3)4/h10,15H,8-9H2,1-7H3/t10-,21?/m1/s1. The van der Waals surface area contributed by atoms with E-state index in [1.54, 1.807) is 48.5 Å². The van der Waals surface area contributed by atoms with Crippen LogP contribution >= 0.6 is 0 Å². The van der Waals surface area contributed by atoms with Gasteiger partial charge in [-0.1, -0.05) is 0 Å². The van der Waals surface area contributed by atoms with Gasteiger partial charge in [-0.15, -0.1) is 0 Å². The van der Waals surface area contributed by atoms with Crippen LogP contribution in [0.2, 0.25) is 0 Å². The minimum atomic E-state index is -1.49. The summed E-state index contributed by atoms with van der Waals surface area (Å²) in [5.74, 6) is -1.15. The second-order valence-corrected chi connectivity index (χ2v) is 8.59. The molecule has 1 N–H and O–H groups in total. The zero-order chi connectivity index (χ0) is 16.8. The molecule has 21 heavy (non-hydrogen) atoms. The molecule has 0 amide bonds. The lowest BCUT2D eigenvalue weighted by molar-refractivity contribution is -0.159. The second kappa shape index (κ2) is 7.89. The van der Waals surface area contributed by atoms with Gasteiger partial charge in [0, 0.05) is 0 Å². The molecule has 0 rings (SSSR count). The Morgan fingerprint density at radius 1 is 1.14 bits per heavy atom. The van der Waals surface area contributed by atoms with Gasteiger partial charge in [0.05, 0.1) is 28.8 Å². The summed E-state index contributed by atoms with van der Waals surface area (Å²) >= 11 is 0. The van der Waals surface area contributed by atoms with Crippen molar-refractivity contribution in [2.24, 2.45) is 0 Å². The number of nitrogens with one attached hydrogen (secondary N) is 1. The summed E-state index contributed by atoms with van der Waals surface area (Å²) in [6, 6.07) is -0.986. The first kappa shape index (κ1) is 20.1. The smallest absolute Gasteiger partial charge is 0.324 e. The van der Waals surface area contributed by atoms with Crippen LogP contribution in [-0.4, -0.2) is 39.1 Å². The van der Waals surface area contributed by atoms with Crippen molar-refractivity contribution in [3.05, 3.63) is 0 Å². The SMILES string of the molecule is CCOC(=O)[C@@H](CC(=O)OC(C)(C)C)NS(=O)C(C)(C)C. The van der Waals surface area contributed by atoms with Gasteiger partial charge in [0.15, 0.2) is 0 Å². The predicted molar refractivity (Wildman–Crippen MR) is 81.9 cm³/mol. The van der Waals surface area contributed by atoms with Crippen LogP contribution in [-0.2, 0) is 30.0 Å². The molecule has 0 saturated carbocycles. The van der Waals surface area contributed by atoms with Gasteiger partial charge in [0.1, 0.15) is 11.6 Å². The van der Waals surface area contributed by atoms with Crippen molar-refractivity contribution < 1.29 is 23.3 Å². The molecule has 0 radical (unpaired) electrons. The molecule has 0 aromatic carbocycles. The van der Waals surface area contributed by atoms with E-state index in [0.29, 0.717) is 0 Å². The van der Waals surface area contributed by atoms with Crippen molar-refractivity contribution in [2.45, 2.75) is 71.3 Å². The fourth-order valence-electron chi connectivity index (χ4n) is 1.27. The maximum atomic E-state index is 12.1. The molecule has 0 bridgehead atoms. The molecule has 0 spiro atoms. The highest BCUT2D eigenvalue weighted by atomic mass is 32.2. The van der Waals surface area contributed by atoms with Crippen LogP contribution in [0.15, 0.2) is 0 Å². The summed E-state index contributed by atoms with van der Waals surface area (Å²) in [7, 11) is -1.49. The van der Waals surface area contributed by atoms with Crippen molar-refractivity contribution in [3.63, 3.8) is 0 Å². The van der Waals surface area contributed by atoms with Crippen LogP contribution in [0.4, 0.5) is 0 Å². The highest BCUT2D eigenvalue weighted by molar-refractivity contribution is 7.84. The topological polar surface area (TPSA) is 81.7 Å². The largest absolute Gasteiger partial charge is 0.465 e. The van der Waals surface area contributed by atoms with E-state index in [1.807, 2.05) is 0 Å².